The molecule has 3 nitrogen and oxygen atoms in total. The molecule has 2 rings (SSSR count). The summed E-state index contributed by atoms with van der Waals surface area (Å²) in [5, 5.41) is 2.72. The van der Waals surface area contributed by atoms with Crippen molar-refractivity contribution >= 4 is 11.6 Å². The summed E-state index contributed by atoms with van der Waals surface area (Å²) in [5.74, 6) is -0.661. The summed E-state index contributed by atoms with van der Waals surface area (Å²) in [6, 6.07) is 5.56. The van der Waals surface area contributed by atoms with Crippen molar-refractivity contribution in [2.24, 2.45) is 5.92 Å². The summed E-state index contributed by atoms with van der Waals surface area (Å²) < 4.78 is 37.2. The van der Waals surface area contributed by atoms with Crippen LogP contribution in [0.3, 0.4) is 0 Å². The molecule has 0 unspecified atom stereocenters. The van der Waals surface area contributed by atoms with Crippen molar-refractivity contribution in [3.8, 4) is 0 Å². The Balaban J connectivity index is 1.81. The van der Waals surface area contributed by atoms with Crippen LogP contribution >= 0.6 is 0 Å². The number of hydrogen-bond acceptors (Lipinski definition) is 2. The quantitative estimate of drug-likeness (QED) is 0.923. The van der Waals surface area contributed by atoms with E-state index in [4.69, 9.17) is 0 Å². The number of anilines is 1. The molecule has 1 N–H and O–H groups in total. The molecule has 1 heterocycles. The van der Waals surface area contributed by atoms with Crippen LogP contribution in [-0.4, -0.2) is 36.9 Å². The minimum absolute atomic E-state index is 0.131. The summed E-state index contributed by atoms with van der Waals surface area (Å²) in [7, 11) is 0. The number of rotatable bonds is 4. The van der Waals surface area contributed by atoms with Gasteiger partial charge in [-0.15, -0.1) is 0 Å². The number of amides is 1. The van der Waals surface area contributed by atoms with E-state index < -0.39 is 6.43 Å². The second-order valence-electron chi connectivity index (χ2n) is 4.96. The van der Waals surface area contributed by atoms with Gasteiger partial charge in [-0.05, 0) is 50.2 Å². The largest absolute Gasteiger partial charge is 0.326 e. The molecule has 110 valence electrons. The molecule has 0 bridgehead atoms. The standard InChI is InChI=1S/C14H17F3N2O/c15-11-1-3-12(4-2-11)18-14(20)10-5-7-19(8-6-10)9-13(16)17/h1-4,10,13H,5-9H2,(H,18,20). The van der Waals surface area contributed by atoms with Gasteiger partial charge in [-0.3, -0.25) is 9.69 Å². The number of carbonyl (C=O) groups is 1. The molecular weight excluding hydrogens is 269 g/mol. The summed E-state index contributed by atoms with van der Waals surface area (Å²) in [4.78, 5) is 13.7. The molecule has 1 aromatic carbocycles. The fourth-order valence-electron chi connectivity index (χ4n) is 2.35. The molecule has 1 aliphatic rings. The number of hydrogen-bond donors (Lipinski definition) is 1. The van der Waals surface area contributed by atoms with Gasteiger partial charge in [-0.1, -0.05) is 0 Å². The van der Waals surface area contributed by atoms with E-state index in [0.29, 0.717) is 31.6 Å². The van der Waals surface area contributed by atoms with Crippen molar-refractivity contribution in [1.29, 1.82) is 0 Å². The molecule has 0 radical (unpaired) electrons. The Morgan fingerprint density at radius 1 is 1.25 bits per heavy atom. The highest BCUT2D eigenvalue weighted by Crippen LogP contribution is 2.20. The van der Waals surface area contributed by atoms with Crippen LogP contribution in [0.25, 0.3) is 0 Å². The normalized spacial score (nSPS) is 17.4. The van der Waals surface area contributed by atoms with Crippen LogP contribution in [0, 0.1) is 11.7 Å². The number of benzene rings is 1. The Morgan fingerprint density at radius 2 is 1.85 bits per heavy atom. The first-order chi connectivity index (χ1) is 9.54. The van der Waals surface area contributed by atoms with Gasteiger partial charge in [0.1, 0.15) is 5.82 Å². The fraction of sp³-hybridized carbons (Fsp3) is 0.500. The number of nitrogens with one attached hydrogen (secondary N) is 1. The van der Waals surface area contributed by atoms with E-state index in [9.17, 15) is 18.0 Å². The third-order valence-electron chi connectivity index (χ3n) is 3.47. The SMILES string of the molecule is O=C(Nc1ccc(F)cc1)C1CCN(CC(F)F)CC1. The van der Waals surface area contributed by atoms with Crippen LogP contribution < -0.4 is 5.32 Å². The number of carbonyl (C=O) groups excluding carboxylic acids is 1. The first kappa shape index (κ1) is 14.8. The molecule has 1 amide bonds. The zero-order valence-corrected chi connectivity index (χ0v) is 11.0. The monoisotopic (exact) mass is 286 g/mol. The summed E-state index contributed by atoms with van der Waals surface area (Å²) in [6.45, 7) is 0.782. The van der Waals surface area contributed by atoms with Crippen molar-refractivity contribution in [3.63, 3.8) is 0 Å². The Labute approximate surface area is 115 Å². The first-order valence-electron chi connectivity index (χ1n) is 6.61. The second kappa shape index (κ2) is 6.74. The van der Waals surface area contributed by atoms with E-state index in [0.717, 1.165) is 0 Å². The molecule has 20 heavy (non-hydrogen) atoms. The average Bonchev–Trinajstić information content (AvgIpc) is 2.41. The zero-order chi connectivity index (χ0) is 14.5. The average molecular weight is 286 g/mol. The van der Waals surface area contributed by atoms with Gasteiger partial charge in [0.15, 0.2) is 0 Å². The van der Waals surface area contributed by atoms with Gasteiger partial charge in [-0.2, -0.15) is 0 Å². The highest BCUT2D eigenvalue weighted by atomic mass is 19.3. The topological polar surface area (TPSA) is 32.3 Å². The van der Waals surface area contributed by atoms with Gasteiger partial charge >= 0.3 is 0 Å². The van der Waals surface area contributed by atoms with Crippen molar-refractivity contribution in [2.45, 2.75) is 19.3 Å². The van der Waals surface area contributed by atoms with Crippen LogP contribution in [0.2, 0.25) is 0 Å². The molecule has 1 saturated heterocycles. The Bertz CT molecular complexity index is 442. The lowest BCUT2D eigenvalue weighted by Gasteiger charge is -2.30. The lowest BCUT2D eigenvalue weighted by molar-refractivity contribution is -0.121. The molecule has 6 heteroatoms. The third kappa shape index (κ3) is 4.23. The van der Waals surface area contributed by atoms with Crippen LogP contribution in [0.4, 0.5) is 18.9 Å². The molecule has 1 aromatic rings. The molecule has 0 aromatic heterocycles. The zero-order valence-electron chi connectivity index (χ0n) is 11.0. The molecule has 0 saturated carbocycles. The maximum absolute atomic E-state index is 12.7. The predicted molar refractivity (Wildman–Crippen MR) is 70.2 cm³/mol. The number of likely N-dealkylation sites (tertiary alicyclic amines) is 1. The van der Waals surface area contributed by atoms with E-state index >= 15 is 0 Å². The summed E-state index contributed by atoms with van der Waals surface area (Å²) in [5.41, 5.74) is 0.548. The van der Waals surface area contributed by atoms with Gasteiger partial charge in [0.2, 0.25) is 5.91 Å². The van der Waals surface area contributed by atoms with E-state index in [1.807, 2.05) is 0 Å². The Morgan fingerprint density at radius 3 is 2.40 bits per heavy atom. The highest BCUT2D eigenvalue weighted by molar-refractivity contribution is 5.92. The number of halogens is 3. The van der Waals surface area contributed by atoms with Crippen molar-refractivity contribution < 1.29 is 18.0 Å². The van der Waals surface area contributed by atoms with Crippen LogP contribution in [0.5, 0.6) is 0 Å². The maximum atomic E-state index is 12.7. The molecule has 1 aliphatic heterocycles. The highest BCUT2D eigenvalue weighted by Gasteiger charge is 2.26. The fourth-order valence-corrected chi connectivity index (χ4v) is 2.35. The lowest BCUT2D eigenvalue weighted by atomic mass is 9.96. The van der Waals surface area contributed by atoms with E-state index in [2.05, 4.69) is 5.32 Å². The first-order valence-corrected chi connectivity index (χ1v) is 6.61. The van der Waals surface area contributed by atoms with Gasteiger partial charge < -0.3 is 5.32 Å². The lowest BCUT2D eigenvalue weighted by Crippen LogP contribution is -2.40. The van der Waals surface area contributed by atoms with E-state index in [1.54, 1.807) is 4.90 Å². The van der Waals surface area contributed by atoms with Gasteiger partial charge in [0.05, 0.1) is 6.54 Å². The molecule has 0 aliphatic carbocycles. The van der Waals surface area contributed by atoms with Crippen molar-refractivity contribution in [2.75, 3.05) is 25.0 Å². The predicted octanol–water partition coefficient (Wildman–Crippen LogP) is 2.74. The Hall–Kier alpha value is -1.56. The molecule has 0 spiro atoms. The Kier molecular flexibility index (Phi) is 5.00. The minimum atomic E-state index is -2.33. The van der Waals surface area contributed by atoms with E-state index in [1.165, 1.54) is 24.3 Å². The third-order valence-corrected chi connectivity index (χ3v) is 3.47. The van der Waals surface area contributed by atoms with Gasteiger partial charge in [0.25, 0.3) is 6.43 Å². The van der Waals surface area contributed by atoms with Crippen molar-refractivity contribution in [3.05, 3.63) is 30.1 Å². The van der Waals surface area contributed by atoms with E-state index in [-0.39, 0.29) is 24.2 Å². The summed E-state index contributed by atoms with van der Waals surface area (Å²) in [6.07, 6.45) is -1.20. The maximum Gasteiger partial charge on any atom is 0.251 e. The molecule has 0 atom stereocenters. The number of alkyl halides is 2. The van der Waals surface area contributed by atoms with Gasteiger partial charge in [-0.25, -0.2) is 13.2 Å². The van der Waals surface area contributed by atoms with Crippen LogP contribution in [0.1, 0.15) is 12.8 Å². The number of piperidine rings is 1. The molecule has 1 fully saturated rings. The number of nitrogens with zero attached hydrogens (tertiary/aromatic N) is 1. The smallest absolute Gasteiger partial charge is 0.251 e. The van der Waals surface area contributed by atoms with Crippen LogP contribution in [-0.2, 0) is 4.79 Å². The van der Waals surface area contributed by atoms with Gasteiger partial charge in [0, 0.05) is 11.6 Å². The minimum Gasteiger partial charge on any atom is -0.326 e. The summed E-state index contributed by atoms with van der Waals surface area (Å²) >= 11 is 0. The van der Waals surface area contributed by atoms with Crippen molar-refractivity contribution in [1.82, 2.24) is 4.90 Å². The molecular formula is C14H17F3N2O. The second-order valence-corrected chi connectivity index (χ2v) is 4.96. The van der Waals surface area contributed by atoms with Crippen LogP contribution in [0.15, 0.2) is 24.3 Å².